The summed E-state index contributed by atoms with van der Waals surface area (Å²) < 4.78 is 23.7. The third-order valence-electron chi connectivity index (χ3n) is 4.20. The second-order valence-corrected chi connectivity index (χ2v) is 12.1. The van der Waals surface area contributed by atoms with Gasteiger partial charge in [0, 0.05) is 0 Å². The fraction of sp³-hybridized carbons (Fsp3) is 0.857. The largest absolute Gasteiger partial charge is 0.465 e. The Bertz CT molecular complexity index is 383. The summed E-state index contributed by atoms with van der Waals surface area (Å²) in [6.07, 6.45) is -0.832. The van der Waals surface area contributed by atoms with Crippen molar-refractivity contribution < 1.29 is 18.6 Å². The van der Waals surface area contributed by atoms with E-state index in [1.165, 1.54) is 0 Å². The minimum Gasteiger partial charge on any atom is -0.465 e. The first-order valence-corrected chi connectivity index (χ1v) is 9.73. The summed E-state index contributed by atoms with van der Waals surface area (Å²) in [5, 5.41) is 0.130. The Kier molecular flexibility index (Phi) is 3.41. The molecule has 0 amide bonds. The first kappa shape index (κ1) is 15.0. The van der Waals surface area contributed by atoms with Crippen molar-refractivity contribution in [1.82, 2.24) is 0 Å². The third-order valence-corrected chi connectivity index (χ3v) is 8.63. The highest BCUT2D eigenvalue weighted by atomic mass is 28.4. The Morgan fingerprint density at radius 3 is 2.32 bits per heavy atom. The van der Waals surface area contributed by atoms with E-state index in [4.69, 9.17) is 18.6 Å². The molecule has 0 N–H and O–H groups in total. The molecule has 0 unspecified atom stereocenters. The maximum Gasteiger partial charge on any atom is 0.220 e. The van der Waals surface area contributed by atoms with Crippen molar-refractivity contribution in [2.45, 2.75) is 77.0 Å². The molecule has 0 bridgehead atoms. The van der Waals surface area contributed by atoms with Gasteiger partial charge in [0.25, 0.3) is 0 Å². The van der Waals surface area contributed by atoms with Crippen LogP contribution < -0.4 is 0 Å². The highest BCUT2D eigenvalue weighted by Gasteiger charge is 2.55. The monoisotopic (exact) mass is 286 g/mol. The summed E-state index contributed by atoms with van der Waals surface area (Å²) in [7, 11) is -1.91. The lowest BCUT2D eigenvalue weighted by Crippen LogP contribution is -2.47. The van der Waals surface area contributed by atoms with E-state index in [1.807, 2.05) is 13.8 Å². The number of ether oxygens (including phenoxy) is 3. The lowest BCUT2D eigenvalue weighted by Gasteiger charge is -2.38. The molecule has 3 atom stereocenters. The molecule has 2 rings (SSSR count). The van der Waals surface area contributed by atoms with Gasteiger partial charge in [-0.05, 0) is 32.0 Å². The van der Waals surface area contributed by atoms with Crippen LogP contribution in [-0.2, 0) is 18.6 Å². The lowest BCUT2D eigenvalue weighted by atomic mass is 10.2. The molecule has 0 radical (unpaired) electrons. The van der Waals surface area contributed by atoms with Gasteiger partial charge in [-0.2, -0.15) is 0 Å². The van der Waals surface area contributed by atoms with Gasteiger partial charge in [0.05, 0.1) is 0 Å². The molecule has 0 aromatic rings. The Hall–Kier alpha value is -0.363. The van der Waals surface area contributed by atoms with Gasteiger partial charge in [0.2, 0.25) is 6.29 Å². The van der Waals surface area contributed by atoms with Crippen LogP contribution in [0.5, 0.6) is 0 Å². The molecule has 110 valence electrons. The number of hydrogen-bond acceptors (Lipinski definition) is 4. The van der Waals surface area contributed by atoms with Crippen LogP contribution in [-0.4, -0.2) is 32.6 Å². The molecule has 2 saturated heterocycles. The van der Waals surface area contributed by atoms with E-state index >= 15 is 0 Å². The van der Waals surface area contributed by atoms with Crippen LogP contribution in [0.15, 0.2) is 12.3 Å². The van der Waals surface area contributed by atoms with Gasteiger partial charge in [-0.3, -0.25) is 0 Å². The summed E-state index contributed by atoms with van der Waals surface area (Å²) in [6.45, 7) is 18.7. The molecular weight excluding hydrogens is 260 g/mol. The molecule has 2 aliphatic rings. The van der Waals surface area contributed by atoms with Crippen LogP contribution >= 0.6 is 0 Å². The first-order chi connectivity index (χ1) is 8.43. The van der Waals surface area contributed by atoms with E-state index < -0.39 is 20.4 Å². The van der Waals surface area contributed by atoms with E-state index in [2.05, 4.69) is 40.4 Å². The van der Waals surface area contributed by atoms with Gasteiger partial charge < -0.3 is 18.6 Å². The van der Waals surface area contributed by atoms with Crippen LogP contribution in [0, 0.1) is 0 Å². The fourth-order valence-electron chi connectivity index (χ4n) is 2.08. The predicted molar refractivity (Wildman–Crippen MR) is 76.1 cm³/mol. The average Bonchev–Trinajstić information content (AvgIpc) is 2.62. The maximum absolute atomic E-state index is 6.29. The fourth-order valence-corrected chi connectivity index (χ4v) is 3.20. The van der Waals surface area contributed by atoms with Crippen molar-refractivity contribution in [2.75, 3.05) is 0 Å². The van der Waals surface area contributed by atoms with E-state index in [0.29, 0.717) is 5.76 Å². The zero-order valence-electron chi connectivity index (χ0n) is 13.1. The number of fused-ring (bicyclic) bond motifs is 1. The molecule has 0 aromatic heterocycles. The normalized spacial score (nSPS) is 34.3. The van der Waals surface area contributed by atoms with E-state index in [0.717, 1.165) is 0 Å². The van der Waals surface area contributed by atoms with Crippen molar-refractivity contribution >= 4 is 8.32 Å². The van der Waals surface area contributed by atoms with Crippen LogP contribution in [0.4, 0.5) is 0 Å². The smallest absolute Gasteiger partial charge is 0.220 e. The Labute approximate surface area is 117 Å². The highest BCUT2D eigenvalue weighted by molar-refractivity contribution is 6.74. The molecule has 0 aliphatic carbocycles. The highest BCUT2D eigenvalue weighted by Crippen LogP contribution is 2.44. The van der Waals surface area contributed by atoms with E-state index in [9.17, 15) is 0 Å². The standard InChI is InChI=1S/C14H26O4Si/c1-9-10-11(17-14(5,6)16-10)12(15-9)18-19(7,8)13(2,3)4/h10-12H,1H2,2-8H3/t10-,11-,12+/m0/s1. The Morgan fingerprint density at radius 1 is 1.21 bits per heavy atom. The SMILES string of the molecule is C=C1O[C@H](O[Si](C)(C)C(C)(C)C)[C@H]2OC(C)(C)O[C@@H]12. The van der Waals surface area contributed by atoms with Crippen LogP contribution in [0.25, 0.3) is 0 Å². The van der Waals surface area contributed by atoms with E-state index in [1.54, 1.807) is 0 Å². The van der Waals surface area contributed by atoms with E-state index in [-0.39, 0.29) is 17.2 Å². The summed E-state index contributed by atoms with van der Waals surface area (Å²) in [5.74, 6) is 0.0103. The van der Waals surface area contributed by atoms with Gasteiger partial charge in [-0.25, -0.2) is 0 Å². The van der Waals surface area contributed by atoms with Crippen molar-refractivity contribution in [1.29, 1.82) is 0 Å². The van der Waals surface area contributed by atoms with Crippen molar-refractivity contribution in [3.05, 3.63) is 12.3 Å². The van der Waals surface area contributed by atoms with Gasteiger partial charge in [-0.1, -0.05) is 27.4 Å². The minimum absolute atomic E-state index is 0.130. The lowest BCUT2D eigenvalue weighted by molar-refractivity contribution is -0.191. The molecule has 0 spiro atoms. The zero-order chi connectivity index (χ0) is 14.6. The molecule has 5 heteroatoms. The quantitative estimate of drug-likeness (QED) is 0.729. The van der Waals surface area contributed by atoms with Crippen LogP contribution in [0.3, 0.4) is 0 Å². The second-order valence-electron chi connectivity index (χ2n) is 7.35. The molecule has 2 heterocycles. The Morgan fingerprint density at radius 2 is 1.79 bits per heavy atom. The number of hydrogen-bond donors (Lipinski definition) is 0. The van der Waals surface area contributed by atoms with Crippen LogP contribution in [0.1, 0.15) is 34.6 Å². The molecule has 0 saturated carbocycles. The third kappa shape index (κ3) is 2.74. The topological polar surface area (TPSA) is 36.9 Å². The predicted octanol–water partition coefficient (Wildman–Crippen LogP) is 3.40. The van der Waals surface area contributed by atoms with Crippen molar-refractivity contribution in [3.63, 3.8) is 0 Å². The second kappa shape index (κ2) is 4.31. The maximum atomic E-state index is 6.29. The van der Waals surface area contributed by atoms with Gasteiger partial charge >= 0.3 is 0 Å². The van der Waals surface area contributed by atoms with Crippen LogP contribution in [0.2, 0.25) is 18.1 Å². The van der Waals surface area contributed by atoms with Gasteiger partial charge in [0.1, 0.15) is 11.9 Å². The number of rotatable bonds is 2. The molecule has 19 heavy (non-hydrogen) atoms. The van der Waals surface area contributed by atoms with Crippen molar-refractivity contribution in [2.24, 2.45) is 0 Å². The Balaban J connectivity index is 2.13. The van der Waals surface area contributed by atoms with Gasteiger partial charge in [0.15, 0.2) is 20.2 Å². The summed E-state index contributed by atoms with van der Waals surface area (Å²) in [4.78, 5) is 0. The summed E-state index contributed by atoms with van der Waals surface area (Å²) in [5.41, 5.74) is 0. The average molecular weight is 286 g/mol. The van der Waals surface area contributed by atoms with Crippen molar-refractivity contribution in [3.8, 4) is 0 Å². The minimum atomic E-state index is -1.91. The molecular formula is C14H26O4Si. The summed E-state index contributed by atoms with van der Waals surface area (Å²) in [6, 6.07) is 0. The summed E-state index contributed by atoms with van der Waals surface area (Å²) >= 11 is 0. The molecule has 4 nitrogen and oxygen atoms in total. The molecule has 0 aromatic carbocycles. The van der Waals surface area contributed by atoms with Gasteiger partial charge in [-0.15, -0.1) is 0 Å². The molecule has 2 aliphatic heterocycles. The molecule has 2 fully saturated rings. The first-order valence-electron chi connectivity index (χ1n) is 6.82. The zero-order valence-corrected chi connectivity index (χ0v) is 14.1.